The quantitative estimate of drug-likeness (QED) is 0.285. The SMILES string of the molecule is Cc1ccc(Nc2cc(C)nc(Nc3ccc(NC(=O)c4ccc(Br)cc4)cc3)n2)cc1. The van der Waals surface area contributed by atoms with Crippen molar-refractivity contribution in [2.24, 2.45) is 0 Å². The molecule has 0 unspecified atom stereocenters. The van der Waals surface area contributed by atoms with E-state index in [9.17, 15) is 4.79 Å². The zero-order valence-corrected chi connectivity index (χ0v) is 19.3. The van der Waals surface area contributed by atoms with Gasteiger partial charge in [0.15, 0.2) is 0 Å². The van der Waals surface area contributed by atoms with E-state index in [0.717, 1.165) is 21.5 Å². The van der Waals surface area contributed by atoms with Crippen LogP contribution in [0, 0.1) is 13.8 Å². The van der Waals surface area contributed by atoms with Crippen LogP contribution in [0.2, 0.25) is 0 Å². The number of carbonyl (C=O) groups is 1. The maximum absolute atomic E-state index is 12.4. The molecule has 0 fully saturated rings. The number of aromatic nitrogens is 2. The molecular formula is C25H22BrN5O. The van der Waals surface area contributed by atoms with Crippen molar-refractivity contribution in [3.8, 4) is 0 Å². The van der Waals surface area contributed by atoms with E-state index in [4.69, 9.17) is 0 Å². The van der Waals surface area contributed by atoms with Crippen LogP contribution < -0.4 is 16.0 Å². The molecule has 160 valence electrons. The molecule has 0 saturated heterocycles. The highest BCUT2D eigenvalue weighted by molar-refractivity contribution is 9.10. The Kier molecular flexibility index (Phi) is 6.47. The summed E-state index contributed by atoms with van der Waals surface area (Å²) in [5.74, 6) is 1.04. The van der Waals surface area contributed by atoms with Crippen molar-refractivity contribution in [1.82, 2.24) is 9.97 Å². The van der Waals surface area contributed by atoms with Gasteiger partial charge in [-0.15, -0.1) is 0 Å². The highest BCUT2D eigenvalue weighted by Gasteiger charge is 2.07. The van der Waals surface area contributed by atoms with E-state index in [0.29, 0.717) is 23.0 Å². The minimum atomic E-state index is -0.160. The van der Waals surface area contributed by atoms with Gasteiger partial charge in [-0.05, 0) is 74.5 Å². The van der Waals surface area contributed by atoms with E-state index in [1.807, 2.05) is 73.7 Å². The summed E-state index contributed by atoms with van der Waals surface area (Å²) in [6, 6.07) is 24.6. The van der Waals surface area contributed by atoms with Crippen molar-refractivity contribution < 1.29 is 4.79 Å². The molecule has 0 spiro atoms. The molecule has 0 aliphatic heterocycles. The third-order valence-electron chi connectivity index (χ3n) is 4.68. The Balaban J connectivity index is 1.42. The van der Waals surface area contributed by atoms with Gasteiger partial charge in [0.2, 0.25) is 5.95 Å². The van der Waals surface area contributed by atoms with E-state index < -0.39 is 0 Å². The smallest absolute Gasteiger partial charge is 0.255 e. The van der Waals surface area contributed by atoms with Gasteiger partial charge >= 0.3 is 0 Å². The predicted molar refractivity (Wildman–Crippen MR) is 133 cm³/mol. The Labute approximate surface area is 195 Å². The summed E-state index contributed by atoms with van der Waals surface area (Å²) in [5.41, 5.74) is 5.13. The number of hydrogen-bond acceptors (Lipinski definition) is 5. The van der Waals surface area contributed by atoms with Crippen LogP contribution >= 0.6 is 15.9 Å². The molecular weight excluding hydrogens is 466 g/mol. The van der Waals surface area contributed by atoms with Gasteiger partial charge in [-0.25, -0.2) is 4.98 Å². The van der Waals surface area contributed by atoms with E-state index in [1.54, 1.807) is 12.1 Å². The second-order valence-corrected chi connectivity index (χ2v) is 8.29. The molecule has 4 rings (SSSR count). The molecule has 0 aliphatic rings. The Morgan fingerprint density at radius 2 is 1.34 bits per heavy atom. The fourth-order valence-corrected chi connectivity index (χ4v) is 3.31. The number of anilines is 5. The molecule has 1 heterocycles. The zero-order chi connectivity index (χ0) is 22.5. The standard InChI is InChI=1S/C25H22BrN5O/c1-16-3-9-20(10-4-16)28-23-15-17(2)27-25(31-23)30-22-13-11-21(12-14-22)29-24(32)18-5-7-19(26)8-6-18/h3-15H,1-2H3,(H,29,32)(H2,27,28,30,31). The molecule has 0 bridgehead atoms. The summed E-state index contributed by atoms with van der Waals surface area (Å²) in [4.78, 5) is 21.4. The molecule has 6 nitrogen and oxygen atoms in total. The molecule has 3 N–H and O–H groups in total. The molecule has 3 aromatic carbocycles. The number of carbonyl (C=O) groups excluding carboxylic acids is 1. The first-order valence-corrected chi connectivity index (χ1v) is 10.9. The lowest BCUT2D eigenvalue weighted by Gasteiger charge is -2.11. The number of halogens is 1. The molecule has 0 aliphatic carbocycles. The van der Waals surface area contributed by atoms with Gasteiger partial charge < -0.3 is 16.0 Å². The molecule has 4 aromatic rings. The van der Waals surface area contributed by atoms with Crippen LogP contribution in [0.1, 0.15) is 21.6 Å². The van der Waals surface area contributed by atoms with Crippen molar-refractivity contribution >= 4 is 50.7 Å². The van der Waals surface area contributed by atoms with Crippen LogP contribution in [0.15, 0.2) is 83.3 Å². The number of benzene rings is 3. The molecule has 1 aromatic heterocycles. The van der Waals surface area contributed by atoms with Gasteiger partial charge in [0.05, 0.1) is 0 Å². The molecule has 1 amide bonds. The number of amides is 1. The van der Waals surface area contributed by atoms with Crippen LogP contribution in [0.25, 0.3) is 0 Å². The molecule has 7 heteroatoms. The zero-order valence-electron chi connectivity index (χ0n) is 17.7. The van der Waals surface area contributed by atoms with E-state index in [-0.39, 0.29) is 5.91 Å². The Morgan fingerprint density at radius 3 is 2.03 bits per heavy atom. The number of hydrogen-bond donors (Lipinski definition) is 3. The third-order valence-corrected chi connectivity index (χ3v) is 5.21. The summed E-state index contributed by atoms with van der Waals surface area (Å²) in [6.07, 6.45) is 0. The molecule has 0 atom stereocenters. The highest BCUT2D eigenvalue weighted by Crippen LogP contribution is 2.21. The van der Waals surface area contributed by atoms with Crippen LogP contribution in [-0.4, -0.2) is 15.9 Å². The van der Waals surface area contributed by atoms with Crippen molar-refractivity contribution in [2.45, 2.75) is 13.8 Å². The Morgan fingerprint density at radius 1 is 0.750 bits per heavy atom. The minimum Gasteiger partial charge on any atom is -0.340 e. The van der Waals surface area contributed by atoms with Crippen molar-refractivity contribution in [3.63, 3.8) is 0 Å². The maximum atomic E-state index is 12.4. The summed E-state index contributed by atoms with van der Waals surface area (Å²) >= 11 is 3.37. The number of nitrogens with zero attached hydrogens (tertiary/aromatic N) is 2. The predicted octanol–water partition coefficient (Wildman–Crippen LogP) is 6.60. The van der Waals surface area contributed by atoms with Gasteiger partial charge in [0.1, 0.15) is 5.82 Å². The van der Waals surface area contributed by atoms with E-state index in [2.05, 4.69) is 48.8 Å². The number of aryl methyl sites for hydroxylation is 2. The topological polar surface area (TPSA) is 78.9 Å². The lowest BCUT2D eigenvalue weighted by molar-refractivity contribution is 0.102. The monoisotopic (exact) mass is 487 g/mol. The summed E-state index contributed by atoms with van der Waals surface area (Å²) in [7, 11) is 0. The Bertz CT molecular complexity index is 1220. The van der Waals surface area contributed by atoms with E-state index >= 15 is 0 Å². The van der Waals surface area contributed by atoms with Gasteiger partial charge in [-0.1, -0.05) is 33.6 Å². The summed E-state index contributed by atoms with van der Waals surface area (Å²) < 4.78 is 0.931. The van der Waals surface area contributed by atoms with Gasteiger partial charge in [0, 0.05) is 38.9 Å². The van der Waals surface area contributed by atoms with E-state index in [1.165, 1.54) is 5.56 Å². The van der Waals surface area contributed by atoms with Crippen LogP contribution in [-0.2, 0) is 0 Å². The molecule has 0 radical (unpaired) electrons. The number of rotatable bonds is 6. The molecule has 0 saturated carbocycles. The maximum Gasteiger partial charge on any atom is 0.255 e. The lowest BCUT2D eigenvalue weighted by atomic mass is 10.2. The fraction of sp³-hybridized carbons (Fsp3) is 0.0800. The fourth-order valence-electron chi connectivity index (χ4n) is 3.04. The van der Waals surface area contributed by atoms with Gasteiger partial charge in [0.25, 0.3) is 5.91 Å². The second-order valence-electron chi connectivity index (χ2n) is 7.37. The first-order valence-electron chi connectivity index (χ1n) is 10.1. The largest absolute Gasteiger partial charge is 0.340 e. The van der Waals surface area contributed by atoms with Crippen molar-refractivity contribution in [2.75, 3.05) is 16.0 Å². The van der Waals surface area contributed by atoms with Crippen molar-refractivity contribution in [3.05, 3.63) is 100 Å². The average molecular weight is 488 g/mol. The highest BCUT2D eigenvalue weighted by atomic mass is 79.9. The van der Waals surface area contributed by atoms with Gasteiger partial charge in [-0.3, -0.25) is 4.79 Å². The first-order chi connectivity index (χ1) is 15.4. The normalized spacial score (nSPS) is 10.5. The number of nitrogens with one attached hydrogen (secondary N) is 3. The molecule has 32 heavy (non-hydrogen) atoms. The summed E-state index contributed by atoms with van der Waals surface area (Å²) in [6.45, 7) is 3.98. The van der Waals surface area contributed by atoms with Crippen LogP contribution in [0.3, 0.4) is 0 Å². The third kappa shape index (κ3) is 5.70. The van der Waals surface area contributed by atoms with Crippen molar-refractivity contribution in [1.29, 1.82) is 0 Å². The Hall–Kier alpha value is -3.71. The lowest BCUT2D eigenvalue weighted by Crippen LogP contribution is -2.11. The van der Waals surface area contributed by atoms with Crippen LogP contribution in [0.4, 0.5) is 28.8 Å². The summed E-state index contributed by atoms with van der Waals surface area (Å²) in [5, 5.41) is 9.42. The second kappa shape index (κ2) is 9.62. The average Bonchev–Trinajstić information content (AvgIpc) is 2.77. The first kappa shape index (κ1) is 21.5. The van der Waals surface area contributed by atoms with Crippen LogP contribution in [0.5, 0.6) is 0 Å². The minimum absolute atomic E-state index is 0.160. The van der Waals surface area contributed by atoms with Gasteiger partial charge in [-0.2, -0.15) is 4.98 Å².